The molecule has 2 nitrogen and oxygen atoms in total. The maximum absolute atomic E-state index is 6.01. The molecule has 0 heterocycles. The highest BCUT2D eigenvalue weighted by Crippen LogP contribution is 2.32. The first-order valence-corrected chi connectivity index (χ1v) is 5.80. The Morgan fingerprint density at radius 3 is 2.53 bits per heavy atom. The molecule has 2 aromatic carbocycles. The number of ether oxygens (including phenoxy) is 1. The Labute approximate surface area is 110 Å². The van der Waals surface area contributed by atoms with Crippen LogP contribution in [0.5, 0.6) is 11.5 Å². The molecule has 17 heavy (non-hydrogen) atoms. The first kappa shape index (κ1) is 12.1. The van der Waals surface area contributed by atoms with E-state index in [0.717, 1.165) is 5.56 Å². The van der Waals surface area contributed by atoms with E-state index in [4.69, 9.17) is 33.7 Å². The second-order valence-corrected chi connectivity index (χ2v) is 4.60. The molecule has 2 aromatic rings. The third-order valence-corrected chi connectivity index (χ3v) is 2.74. The summed E-state index contributed by atoms with van der Waals surface area (Å²) in [5.41, 5.74) is 7.42. The summed E-state index contributed by atoms with van der Waals surface area (Å²) < 4.78 is 5.66. The summed E-state index contributed by atoms with van der Waals surface area (Å²) in [6.45, 7) is 1.95. The average Bonchev–Trinajstić information content (AvgIpc) is 2.22. The highest BCUT2D eigenvalue weighted by Gasteiger charge is 2.05. The van der Waals surface area contributed by atoms with Crippen molar-refractivity contribution in [3.63, 3.8) is 0 Å². The van der Waals surface area contributed by atoms with Crippen LogP contribution in [0.1, 0.15) is 5.56 Å². The molecule has 0 fully saturated rings. The SMILES string of the molecule is Cc1cc(N)cc(Oc2cc(Cl)ccc2Cl)c1. The van der Waals surface area contributed by atoms with Gasteiger partial charge < -0.3 is 10.5 Å². The summed E-state index contributed by atoms with van der Waals surface area (Å²) in [4.78, 5) is 0. The fourth-order valence-corrected chi connectivity index (χ4v) is 1.84. The summed E-state index contributed by atoms with van der Waals surface area (Å²) in [6, 6.07) is 10.6. The maximum Gasteiger partial charge on any atom is 0.147 e. The van der Waals surface area contributed by atoms with Crippen molar-refractivity contribution in [1.29, 1.82) is 0 Å². The molecule has 0 radical (unpaired) electrons. The zero-order valence-corrected chi connectivity index (χ0v) is 10.7. The van der Waals surface area contributed by atoms with Crippen molar-refractivity contribution in [2.45, 2.75) is 6.92 Å². The zero-order chi connectivity index (χ0) is 12.4. The van der Waals surface area contributed by atoms with Crippen LogP contribution < -0.4 is 10.5 Å². The van der Waals surface area contributed by atoms with Crippen LogP contribution in [0.3, 0.4) is 0 Å². The van der Waals surface area contributed by atoms with Crippen LogP contribution in [0, 0.1) is 6.92 Å². The summed E-state index contributed by atoms with van der Waals surface area (Å²) in [7, 11) is 0. The molecule has 0 atom stereocenters. The topological polar surface area (TPSA) is 35.2 Å². The molecule has 0 aliphatic heterocycles. The zero-order valence-electron chi connectivity index (χ0n) is 9.21. The van der Waals surface area contributed by atoms with Gasteiger partial charge in [-0.3, -0.25) is 0 Å². The van der Waals surface area contributed by atoms with Gasteiger partial charge in [0.05, 0.1) is 5.02 Å². The van der Waals surface area contributed by atoms with E-state index in [1.54, 1.807) is 24.3 Å². The molecule has 2 rings (SSSR count). The highest BCUT2D eigenvalue weighted by molar-refractivity contribution is 6.34. The highest BCUT2D eigenvalue weighted by atomic mass is 35.5. The van der Waals surface area contributed by atoms with Crippen LogP contribution >= 0.6 is 23.2 Å². The number of benzene rings is 2. The molecule has 0 saturated carbocycles. The van der Waals surface area contributed by atoms with Crippen molar-refractivity contribution in [3.05, 3.63) is 52.0 Å². The first-order chi connectivity index (χ1) is 8.04. The lowest BCUT2D eigenvalue weighted by Gasteiger charge is -2.09. The van der Waals surface area contributed by atoms with E-state index in [1.807, 2.05) is 19.1 Å². The summed E-state index contributed by atoms with van der Waals surface area (Å²) >= 11 is 11.9. The largest absolute Gasteiger partial charge is 0.456 e. The number of rotatable bonds is 2. The van der Waals surface area contributed by atoms with Crippen molar-refractivity contribution in [2.24, 2.45) is 0 Å². The Hall–Kier alpha value is -1.38. The molecule has 4 heteroatoms. The lowest BCUT2D eigenvalue weighted by molar-refractivity contribution is 0.483. The van der Waals surface area contributed by atoms with Crippen molar-refractivity contribution < 1.29 is 4.74 Å². The second-order valence-electron chi connectivity index (χ2n) is 3.76. The van der Waals surface area contributed by atoms with Gasteiger partial charge in [-0.1, -0.05) is 23.2 Å². The minimum atomic E-state index is 0.509. The van der Waals surface area contributed by atoms with Gasteiger partial charge in [-0.15, -0.1) is 0 Å². The van der Waals surface area contributed by atoms with Crippen molar-refractivity contribution in [2.75, 3.05) is 5.73 Å². The molecule has 0 bridgehead atoms. The minimum absolute atomic E-state index is 0.509. The fourth-order valence-electron chi connectivity index (χ4n) is 1.52. The Kier molecular flexibility index (Phi) is 3.46. The molecular formula is C13H11Cl2NO. The summed E-state index contributed by atoms with van der Waals surface area (Å²) in [6.07, 6.45) is 0. The van der Waals surface area contributed by atoms with Crippen molar-refractivity contribution in [1.82, 2.24) is 0 Å². The van der Waals surface area contributed by atoms with Gasteiger partial charge in [-0.05, 0) is 36.8 Å². The van der Waals surface area contributed by atoms with Gasteiger partial charge >= 0.3 is 0 Å². The van der Waals surface area contributed by atoms with E-state index in [1.165, 1.54) is 0 Å². The smallest absolute Gasteiger partial charge is 0.147 e. The Balaban J connectivity index is 2.34. The molecule has 0 unspecified atom stereocenters. The van der Waals surface area contributed by atoms with Crippen LogP contribution in [-0.4, -0.2) is 0 Å². The predicted molar refractivity (Wildman–Crippen MR) is 72.1 cm³/mol. The molecule has 2 N–H and O–H groups in total. The normalized spacial score (nSPS) is 10.3. The van der Waals surface area contributed by atoms with E-state index in [-0.39, 0.29) is 0 Å². The van der Waals surface area contributed by atoms with Crippen molar-refractivity contribution in [3.8, 4) is 11.5 Å². The average molecular weight is 268 g/mol. The molecule has 0 spiro atoms. The first-order valence-electron chi connectivity index (χ1n) is 5.04. The third-order valence-electron chi connectivity index (χ3n) is 2.19. The number of anilines is 1. The monoisotopic (exact) mass is 267 g/mol. The standard InChI is InChI=1S/C13H11Cl2NO/c1-8-4-10(16)7-11(5-8)17-13-6-9(14)2-3-12(13)15/h2-7H,16H2,1H3. The number of nitrogen functional groups attached to an aromatic ring is 1. The van der Waals surface area contributed by atoms with E-state index in [0.29, 0.717) is 27.2 Å². The molecule has 88 valence electrons. The number of hydrogen-bond donors (Lipinski definition) is 1. The number of aryl methyl sites for hydroxylation is 1. The summed E-state index contributed by atoms with van der Waals surface area (Å²) in [5, 5.41) is 1.08. The van der Waals surface area contributed by atoms with E-state index < -0.39 is 0 Å². The van der Waals surface area contributed by atoms with Gasteiger partial charge in [0.15, 0.2) is 0 Å². The molecule has 0 amide bonds. The van der Waals surface area contributed by atoms with Gasteiger partial charge in [0.2, 0.25) is 0 Å². The number of hydrogen-bond acceptors (Lipinski definition) is 2. The fraction of sp³-hybridized carbons (Fsp3) is 0.0769. The van der Waals surface area contributed by atoms with E-state index in [9.17, 15) is 0 Å². The number of halogens is 2. The Morgan fingerprint density at radius 1 is 1.06 bits per heavy atom. The van der Waals surface area contributed by atoms with Gasteiger partial charge in [0, 0.05) is 22.8 Å². The Bertz CT molecular complexity index is 535. The van der Waals surface area contributed by atoms with Crippen molar-refractivity contribution >= 4 is 28.9 Å². The van der Waals surface area contributed by atoms with Gasteiger partial charge in [0.25, 0.3) is 0 Å². The van der Waals surface area contributed by atoms with E-state index >= 15 is 0 Å². The maximum atomic E-state index is 6.01. The molecule has 0 saturated heterocycles. The van der Waals surface area contributed by atoms with E-state index in [2.05, 4.69) is 0 Å². The number of nitrogens with two attached hydrogens (primary N) is 1. The quantitative estimate of drug-likeness (QED) is 0.803. The lowest BCUT2D eigenvalue weighted by Crippen LogP contribution is -1.90. The molecule has 0 aliphatic rings. The predicted octanol–water partition coefficient (Wildman–Crippen LogP) is 4.68. The van der Waals surface area contributed by atoms with Gasteiger partial charge in [-0.2, -0.15) is 0 Å². The minimum Gasteiger partial charge on any atom is -0.456 e. The summed E-state index contributed by atoms with van der Waals surface area (Å²) in [5.74, 6) is 1.16. The lowest BCUT2D eigenvalue weighted by atomic mass is 10.2. The van der Waals surface area contributed by atoms with Gasteiger partial charge in [-0.25, -0.2) is 0 Å². The van der Waals surface area contributed by atoms with Crippen LogP contribution in [0.4, 0.5) is 5.69 Å². The second kappa shape index (κ2) is 4.86. The van der Waals surface area contributed by atoms with Crippen LogP contribution in [0.15, 0.2) is 36.4 Å². The van der Waals surface area contributed by atoms with Crippen LogP contribution in [0.2, 0.25) is 10.0 Å². The van der Waals surface area contributed by atoms with Crippen LogP contribution in [0.25, 0.3) is 0 Å². The van der Waals surface area contributed by atoms with Gasteiger partial charge in [0.1, 0.15) is 11.5 Å². The molecule has 0 aliphatic carbocycles. The molecular weight excluding hydrogens is 257 g/mol. The molecule has 0 aromatic heterocycles. The third kappa shape index (κ3) is 3.05. The van der Waals surface area contributed by atoms with Crippen LogP contribution in [-0.2, 0) is 0 Å². The Morgan fingerprint density at radius 2 is 1.82 bits per heavy atom.